The molecule has 0 fully saturated rings. The number of nitrogens with one attached hydrogen (secondary N) is 2. The van der Waals surface area contributed by atoms with Crippen LogP contribution < -0.4 is 20.1 Å². The van der Waals surface area contributed by atoms with Crippen LogP contribution in [0.15, 0.2) is 34.9 Å². The Morgan fingerprint density at radius 3 is 2.78 bits per heavy atom. The smallest absolute Gasteiger partial charge is 0.315 e. The lowest BCUT2D eigenvalue weighted by Gasteiger charge is -2.28. The molecule has 2 N–H and O–H groups in total. The number of ether oxygens (including phenoxy) is 2. The maximum Gasteiger partial charge on any atom is 0.315 e. The van der Waals surface area contributed by atoms with Crippen molar-refractivity contribution in [1.82, 2.24) is 10.6 Å². The van der Waals surface area contributed by atoms with Crippen molar-refractivity contribution in [1.29, 1.82) is 0 Å². The molecule has 2 amide bonds. The van der Waals surface area contributed by atoms with E-state index in [9.17, 15) is 4.79 Å². The molecule has 0 spiro atoms. The highest BCUT2D eigenvalue weighted by Crippen LogP contribution is 2.35. The largest absolute Gasteiger partial charge is 0.486 e. The molecule has 4 rings (SSSR count). The van der Waals surface area contributed by atoms with Crippen LogP contribution >= 0.6 is 0 Å². The van der Waals surface area contributed by atoms with Crippen molar-refractivity contribution in [2.24, 2.45) is 5.92 Å². The van der Waals surface area contributed by atoms with Gasteiger partial charge in [-0.3, -0.25) is 0 Å². The van der Waals surface area contributed by atoms with E-state index < -0.39 is 0 Å². The number of hydrogen-bond acceptors (Lipinski definition) is 4. The lowest BCUT2D eigenvalue weighted by molar-refractivity contribution is 0.171. The van der Waals surface area contributed by atoms with Crippen molar-refractivity contribution < 1.29 is 18.7 Å². The topological polar surface area (TPSA) is 72.7 Å². The molecule has 2 unspecified atom stereocenters. The lowest BCUT2D eigenvalue weighted by atomic mass is 9.93. The Hall–Kier alpha value is -2.63. The highest BCUT2D eigenvalue weighted by Gasteiger charge is 2.26. The van der Waals surface area contributed by atoms with E-state index in [1.54, 1.807) is 6.26 Å². The molecule has 2 atom stereocenters. The van der Waals surface area contributed by atoms with Gasteiger partial charge in [0, 0.05) is 12.0 Å². The van der Waals surface area contributed by atoms with E-state index in [2.05, 4.69) is 24.5 Å². The third-order valence-corrected chi connectivity index (χ3v) is 5.24. The summed E-state index contributed by atoms with van der Waals surface area (Å²) in [6, 6.07) is 7.55. The predicted molar refractivity (Wildman–Crippen MR) is 101 cm³/mol. The van der Waals surface area contributed by atoms with Crippen molar-refractivity contribution in [2.45, 2.75) is 45.2 Å². The molecule has 144 valence electrons. The zero-order chi connectivity index (χ0) is 18.8. The van der Waals surface area contributed by atoms with Gasteiger partial charge in [-0.2, -0.15) is 0 Å². The molecular weight excluding hydrogens is 344 g/mol. The van der Waals surface area contributed by atoms with Gasteiger partial charge in [0.2, 0.25) is 0 Å². The Balaban J connectivity index is 1.47. The SMILES string of the molecule is CC(C)C(NC(=O)NC1CCCc2occc21)c1ccc2c(c1)OCCO2. The maximum atomic E-state index is 12.7. The van der Waals surface area contributed by atoms with E-state index >= 15 is 0 Å². The Morgan fingerprint density at radius 2 is 1.96 bits per heavy atom. The zero-order valence-electron chi connectivity index (χ0n) is 15.8. The first kappa shape index (κ1) is 17.8. The van der Waals surface area contributed by atoms with Gasteiger partial charge in [-0.05, 0) is 42.5 Å². The minimum Gasteiger partial charge on any atom is -0.486 e. The van der Waals surface area contributed by atoms with Crippen LogP contribution in [-0.2, 0) is 6.42 Å². The van der Waals surface area contributed by atoms with Crippen molar-refractivity contribution in [2.75, 3.05) is 13.2 Å². The van der Waals surface area contributed by atoms with E-state index in [0.717, 1.165) is 47.6 Å². The molecule has 2 aromatic rings. The number of carbonyl (C=O) groups excluding carboxylic acids is 1. The normalized spacial score (nSPS) is 19.3. The number of urea groups is 1. The van der Waals surface area contributed by atoms with Crippen molar-refractivity contribution >= 4 is 6.03 Å². The molecule has 2 heterocycles. The minimum absolute atomic E-state index is 0.000536. The summed E-state index contributed by atoms with van der Waals surface area (Å²) in [4.78, 5) is 12.7. The minimum atomic E-state index is -0.164. The lowest BCUT2D eigenvalue weighted by Crippen LogP contribution is -2.42. The molecule has 27 heavy (non-hydrogen) atoms. The fraction of sp³-hybridized carbons (Fsp3) is 0.476. The van der Waals surface area contributed by atoms with Crippen LogP contribution in [-0.4, -0.2) is 19.2 Å². The Labute approximate surface area is 159 Å². The van der Waals surface area contributed by atoms with Crippen molar-refractivity contribution in [3.8, 4) is 11.5 Å². The third-order valence-electron chi connectivity index (χ3n) is 5.24. The fourth-order valence-electron chi connectivity index (χ4n) is 3.87. The number of carbonyl (C=O) groups is 1. The van der Waals surface area contributed by atoms with Crippen LogP contribution in [0.4, 0.5) is 4.79 Å². The molecule has 1 aliphatic heterocycles. The molecule has 2 aliphatic rings. The summed E-state index contributed by atoms with van der Waals surface area (Å²) in [5, 5.41) is 6.25. The maximum absolute atomic E-state index is 12.7. The summed E-state index contributed by atoms with van der Waals surface area (Å²) in [6.07, 6.45) is 4.58. The molecule has 0 radical (unpaired) electrons. The highest BCUT2D eigenvalue weighted by molar-refractivity contribution is 5.75. The van der Waals surface area contributed by atoms with Gasteiger partial charge < -0.3 is 24.5 Å². The van der Waals surface area contributed by atoms with E-state index in [4.69, 9.17) is 13.9 Å². The molecular formula is C21H26N2O4. The van der Waals surface area contributed by atoms with Crippen molar-refractivity contribution in [3.05, 3.63) is 47.4 Å². The van der Waals surface area contributed by atoms with Crippen LogP contribution in [0, 0.1) is 5.92 Å². The summed E-state index contributed by atoms with van der Waals surface area (Å²) in [5.74, 6) is 2.71. The molecule has 0 bridgehead atoms. The summed E-state index contributed by atoms with van der Waals surface area (Å²) in [5.41, 5.74) is 2.11. The van der Waals surface area contributed by atoms with Gasteiger partial charge in [-0.1, -0.05) is 19.9 Å². The molecule has 6 nitrogen and oxygen atoms in total. The van der Waals surface area contributed by atoms with Gasteiger partial charge in [-0.15, -0.1) is 0 Å². The molecule has 1 aliphatic carbocycles. The average Bonchev–Trinajstić information content (AvgIpc) is 3.15. The monoisotopic (exact) mass is 370 g/mol. The number of furan rings is 1. The first-order valence-electron chi connectivity index (χ1n) is 9.64. The van der Waals surface area contributed by atoms with Gasteiger partial charge in [0.1, 0.15) is 19.0 Å². The van der Waals surface area contributed by atoms with E-state index in [0.29, 0.717) is 13.2 Å². The number of rotatable bonds is 4. The van der Waals surface area contributed by atoms with E-state index in [-0.39, 0.29) is 24.0 Å². The van der Waals surface area contributed by atoms with Crippen LogP contribution in [0.5, 0.6) is 11.5 Å². The standard InChI is InChI=1S/C21H26N2O4/c1-13(2)20(14-6-7-18-19(12-14)27-11-10-26-18)23-21(24)22-16-4-3-5-17-15(16)8-9-25-17/h6-9,12-13,16,20H,3-5,10-11H2,1-2H3,(H2,22,23,24). The van der Waals surface area contributed by atoms with Gasteiger partial charge >= 0.3 is 6.03 Å². The van der Waals surface area contributed by atoms with E-state index in [1.807, 2.05) is 24.3 Å². The van der Waals surface area contributed by atoms with Crippen LogP contribution in [0.2, 0.25) is 0 Å². The highest BCUT2D eigenvalue weighted by atomic mass is 16.6. The number of benzene rings is 1. The Morgan fingerprint density at radius 1 is 1.15 bits per heavy atom. The number of fused-ring (bicyclic) bond motifs is 2. The molecule has 1 aromatic heterocycles. The summed E-state index contributed by atoms with van der Waals surface area (Å²) < 4.78 is 16.8. The summed E-state index contributed by atoms with van der Waals surface area (Å²) in [7, 11) is 0. The predicted octanol–water partition coefficient (Wildman–Crippen LogP) is 4.12. The third kappa shape index (κ3) is 3.75. The molecule has 0 saturated carbocycles. The second-order valence-electron chi connectivity index (χ2n) is 7.49. The van der Waals surface area contributed by atoms with Gasteiger partial charge in [-0.25, -0.2) is 4.79 Å². The quantitative estimate of drug-likeness (QED) is 0.849. The zero-order valence-corrected chi connectivity index (χ0v) is 15.8. The Bertz CT molecular complexity index is 814. The second kappa shape index (κ2) is 7.55. The number of amides is 2. The second-order valence-corrected chi connectivity index (χ2v) is 7.49. The van der Waals surface area contributed by atoms with Crippen LogP contribution in [0.3, 0.4) is 0 Å². The Kier molecular flexibility index (Phi) is 4.97. The van der Waals surface area contributed by atoms with E-state index in [1.165, 1.54) is 0 Å². The van der Waals surface area contributed by atoms with Gasteiger partial charge in [0.05, 0.1) is 18.3 Å². The van der Waals surface area contributed by atoms with Crippen LogP contribution in [0.25, 0.3) is 0 Å². The van der Waals surface area contributed by atoms with Crippen molar-refractivity contribution in [3.63, 3.8) is 0 Å². The number of aryl methyl sites for hydroxylation is 1. The summed E-state index contributed by atoms with van der Waals surface area (Å²) >= 11 is 0. The molecule has 0 saturated heterocycles. The summed E-state index contributed by atoms with van der Waals surface area (Å²) in [6.45, 7) is 5.30. The molecule has 1 aromatic carbocycles. The van der Waals surface area contributed by atoms with Gasteiger partial charge in [0.15, 0.2) is 11.5 Å². The molecule has 6 heteroatoms. The fourth-order valence-corrected chi connectivity index (χ4v) is 3.87. The van der Waals surface area contributed by atoms with Crippen LogP contribution in [0.1, 0.15) is 55.7 Å². The first-order chi connectivity index (χ1) is 13.1. The van der Waals surface area contributed by atoms with Gasteiger partial charge in [0.25, 0.3) is 0 Å². The average molecular weight is 370 g/mol. The number of hydrogen-bond donors (Lipinski definition) is 2. The first-order valence-corrected chi connectivity index (χ1v) is 9.64.